The van der Waals surface area contributed by atoms with Crippen molar-refractivity contribution in [3.8, 4) is 0 Å². The normalized spacial score (nSPS) is 11.6. The van der Waals surface area contributed by atoms with Crippen molar-refractivity contribution >= 4 is 5.97 Å². The van der Waals surface area contributed by atoms with Gasteiger partial charge in [0.2, 0.25) is 0 Å². The molecule has 0 atom stereocenters. The van der Waals surface area contributed by atoms with Crippen molar-refractivity contribution in [2.45, 2.75) is 84.0 Å². The van der Waals surface area contributed by atoms with Crippen LogP contribution in [-0.2, 0) is 14.3 Å². The van der Waals surface area contributed by atoms with Gasteiger partial charge < -0.3 is 14.6 Å². The van der Waals surface area contributed by atoms with E-state index < -0.39 is 0 Å². The molecular formula is C22H40O4. The minimum absolute atomic E-state index is 0.0000883. The van der Waals surface area contributed by atoms with E-state index in [4.69, 9.17) is 14.6 Å². The van der Waals surface area contributed by atoms with E-state index >= 15 is 0 Å². The molecule has 0 spiro atoms. The molecule has 0 heterocycles. The molecule has 0 amide bonds. The minimum Gasteiger partial charge on any atom is -0.463 e. The third-order valence-electron chi connectivity index (χ3n) is 4.06. The molecule has 4 nitrogen and oxygen atoms in total. The van der Waals surface area contributed by atoms with Gasteiger partial charge in [0.15, 0.2) is 0 Å². The van der Waals surface area contributed by atoms with Gasteiger partial charge in [-0.05, 0) is 38.5 Å². The summed E-state index contributed by atoms with van der Waals surface area (Å²) in [6, 6.07) is 0. The van der Waals surface area contributed by atoms with E-state index in [1.807, 2.05) is 0 Å². The van der Waals surface area contributed by atoms with Crippen molar-refractivity contribution in [3.05, 3.63) is 24.3 Å². The Morgan fingerprint density at radius 3 is 2.15 bits per heavy atom. The molecule has 0 rings (SSSR count). The summed E-state index contributed by atoms with van der Waals surface area (Å²) in [7, 11) is 0. The van der Waals surface area contributed by atoms with Gasteiger partial charge in [-0.2, -0.15) is 0 Å². The van der Waals surface area contributed by atoms with Gasteiger partial charge >= 0.3 is 5.97 Å². The molecule has 1 N–H and O–H groups in total. The Bertz CT molecular complexity index is 350. The highest BCUT2D eigenvalue weighted by Gasteiger charge is 2.02. The molecule has 0 aromatic rings. The van der Waals surface area contributed by atoms with Gasteiger partial charge in [0.05, 0.1) is 19.8 Å². The first-order chi connectivity index (χ1) is 12.8. The third kappa shape index (κ3) is 20.9. The number of ether oxygens (including phenoxy) is 2. The molecule has 0 radical (unpaired) electrons. The Balaban J connectivity index is 3.25. The van der Waals surface area contributed by atoms with Crippen LogP contribution in [0.2, 0.25) is 0 Å². The number of unbranched alkanes of at least 4 members (excludes halogenated alkanes) is 8. The van der Waals surface area contributed by atoms with Crippen molar-refractivity contribution in [2.24, 2.45) is 0 Å². The Kier molecular flexibility index (Phi) is 21.0. The van der Waals surface area contributed by atoms with Gasteiger partial charge in [-0.3, -0.25) is 4.79 Å². The summed E-state index contributed by atoms with van der Waals surface area (Å²) in [5.74, 6) is -0.150. The van der Waals surface area contributed by atoms with Crippen LogP contribution in [0.5, 0.6) is 0 Å². The highest BCUT2D eigenvalue weighted by atomic mass is 16.6. The SMILES string of the molecule is CCCCC/C=C\C/C=C\CCCCCCCC(=O)OCCOCCO. The molecule has 152 valence electrons. The zero-order valence-corrected chi connectivity index (χ0v) is 16.8. The average molecular weight is 369 g/mol. The van der Waals surface area contributed by atoms with Crippen molar-refractivity contribution in [3.63, 3.8) is 0 Å². The van der Waals surface area contributed by atoms with E-state index in [1.165, 1.54) is 44.9 Å². The van der Waals surface area contributed by atoms with E-state index in [0.29, 0.717) is 19.6 Å². The fourth-order valence-corrected chi connectivity index (χ4v) is 2.53. The number of esters is 1. The summed E-state index contributed by atoms with van der Waals surface area (Å²) in [5.41, 5.74) is 0. The molecule has 0 aliphatic rings. The highest BCUT2D eigenvalue weighted by Crippen LogP contribution is 2.08. The molecular weight excluding hydrogens is 328 g/mol. The van der Waals surface area contributed by atoms with Crippen LogP contribution in [0.15, 0.2) is 24.3 Å². The van der Waals surface area contributed by atoms with Crippen molar-refractivity contribution < 1.29 is 19.4 Å². The van der Waals surface area contributed by atoms with Gasteiger partial charge in [-0.15, -0.1) is 0 Å². The molecule has 0 fully saturated rings. The van der Waals surface area contributed by atoms with E-state index in [9.17, 15) is 4.79 Å². The average Bonchev–Trinajstić information content (AvgIpc) is 2.64. The van der Waals surface area contributed by atoms with Crippen LogP contribution in [0.25, 0.3) is 0 Å². The molecule has 4 heteroatoms. The van der Waals surface area contributed by atoms with Crippen LogP contribution in [0, 0.1) is 0 Å². The Morgan fingerprint density at radius 1 is 0.808 bits per heavy atom. The smallest absolute Gasteiger partial charge is 0.305 e. The van der Waals surface area contributed by atoms with Gasteiger partial charge in [0.25, 0.3) is 0 Å². The second-order valence-corrected chi connectivity index (χ2v) is 6.54. The monoisotopic (exact) mass is 368 g/mol. The molecule has 0 unspecified atom stereocenters. The molecule has 0 aliphatic heterocycles. The number of hydrogen-bond acceptors (Lipinski definition) is 4. The van der Waals surface area contributed by atoms with Gasteiger partial charge in [0.1, 0.15) is 6.61 Å². The van der Waals surface area contributed by atoms with E-state index in [-0.39, 0.29) is 19.2 Å². The lowest BCUT2D eigenvalue weighted by atomic mass is 10.1. The maximum absolute atomic E-state index is 11.5. The summed E-state index contributed by atoms with van der Waals surface area (Å²) in [5, 5.41) is 8.54. The Hall–Kier alpha value is -1.13. The second kappa shape index (κ2) is 21.9. The number of aliphatic hydroxyl groups excluding tert-OH is 1. The fourth-order valence-electron chi connectivity index (χ4n) is 2.53. The highest BCUT2D eigenvalue weighted by molar-refractivity contribution is 5.69. The third-order valence-corrected chi connectivity index (χ3v) is 4.06. The molecule has 26 heavy (non-hydrogen) atoms. The first kappa shape index (κ1) is 24.9. The lowest BCUT2D eigenvalue weighted by Crippen LogP contribution is -2.11. The molecule has 0 aromatic heterocycles. The molecule has 0 aromatic carbocycles. The number of rotatable bonds is 19. The molecule has 0 saturated carbocycles. The topological polar surface area (TPSA) is 55.8 Å². The van der Waals surface area contributed by atoms with E-state index in [0.717, 1.165) is 25.7 Å². The standard InChI is InChI=1S/C22H40O4/c1-2-3-4-5-6-7-8-9-10-11-12-13-14-15-16-17-22(24)26-21-20-25-19-18-23/h6-7,9-10,23H,2-5,8,11-21H2,1H3/b7-6-,10-9-. The van der Waals surface area contributed by atoms with Crippen LogP contribution < -0.4 is 0 Å². The summed E-state index contributed by atoms with van der Waals surface area (Å²) >= 11 is 0. The number of carbonyl (C=O) groups is 1. The first-order valence-electron chi connectivity index (χ1n) is 10.5. The van der Waals surface area contributed by atoms with Crippen LogP contribution in [0.4, 0.5) is 0 Å². The Morgan fingerprint density at radius 2 is 1.46 bits per heavy atom. The zero-order valence-electron chi connectivity index (χ0n) is 16.8. The predicted molar refractivity (Wildman–Crippen MR) is 108 cm³/mol. The van der Waals surface area contributed by atoms with Crippen LogP contribution in [0.1, 0.15) is 84.0 Å². The zero-order chi connectivity index (χ0) is 19.1. The lowest BCUT2D eigenvalue weighted by molar-refractivity contribution is -0.145. The van der Waals surface area contributed by atoms with Crippen molar-refractivity contribution in [1.82, 2.24) is 0 Å². The lowest BCUT2D eigenvalue weighted by Gasteiger charge is -2.05. The molecule has 0 saturated heterocycles. The number of carbonyl (C=O) groups excluding carboxylic acids is 1. The largest absolute Gasteiger partial charge is 0.463 e. The maximum atomic E-state index is 11.5. The summed E-state index contributed by atoms with van der Waals surface area (Å²) in [4.78, 5) is 11.5. The van der Waals surface area contributed by atoms with Crippen LogP contribution in [0.3, 0.4) is 0 Å². The van der Waals surface area contributed by atoms with Crippen LogP contribution in [-0.4, -0.2) is 37.5 Å². The number of aliphatic hydroxyl groups is 1. The van der Waals surface area contributed by atoms with Gasteiger partial charge in [-0.25, -0.2) is 0 Å². The van der Waals surface area contributed by atoms with Crippen LogP contribution >= 0.6 is 0 Å². The number of allylic oxidation sites excluding steroid dienone is 4. The minimum atomic E-state index is -0.150. The quantitative estimate of drug-likeness (QED) is 0.190. The van der Waals surface area contributed by atoms with Crippen molar-refractivity contribution in [2.75, 3.05) is 26.4 Å². The van der Waals surface area contributed by atoms with Gasteiger partial charge in [0, 0.05) is 6.42 Å². The molecule has 0 aliphatic carbocycles. The molecule has 0 bridgehead atoms. The van der Waals surface area contributed by atoms with E-state index in [1.54, 1.807) is 0 Å². The first-order valence-corrected chi connectivity index (χ1v) is 10.5. The Labute approximate surface area is 160 Å². The predicted octanol–water partition coefficient (Wildman–Crippen LogP) is 5.35. The summed E-state index contributed by atoms with van der Waals surface area (Å²) in [6.45, 7) is 3.16. The maximum Gasteiger partial charge on any atom is 0.305 e. The fraction of sp³-hybridized carbons (Fsp3) is 0.773. The number of hydrogen-bond donors (Lipinski definition) is 1. The summed E-state index contributed by atoms with van der Waals surface area (Å²) < 4.78 is 10.1. The van der Waals surface area contributed by atoms with Gasteiger partial charge in [-0.1, -0.05) is 63.3 Å². The van der Waals surface area contributed by atoms with Crippen molar-refractivity contribution in [1.29, 1.82) is 0 Å². The summed E-state index contributed by atoms with van der Waals surface area (Å²) in [6.07, 6.45) is 22.6. The van der Waals surface area contributed by atoms with E-state index in [2.05, 4.69) is 31.2 Å². The second-order valence-electron chi connectivity index (χ2n) is 6.54.